The van der Waals surface area contributed by atoms with Crippen molar-refractivity contribution >= 4 is 0 Å². The summed E-state index contributed by atoms with van der Waals surface area (Å²) < 4.78 is 39.2. The van der Waals surface area contributed by atoms with Gasteiger partial charge in [-0.05, 0) is 31.4 Å². The van der Waals surface area contributed by atoms with E-state index in [2.05, 4.69) is 4.74 Å². The highest BCUT2D eigenvalue weighted by atomic mass is 19.4. The second kappa shape index (κ2) is 3.44. The molecule has 0 radical (unpaired) electrons. The largest absolute Gasteiger partial charge is 0.573 e. The van der Waals surface area contributed by atoms with Gasteiger partial charge in [0.1, 0.15) is 5.76 Å². The third-order valence-corrected chi connectivity index (χ3v) is 1.71. The maximum atomic E-state index is 11.8. The van der Waals surface area contributed by atoms with Crippen molar-refractivity contribution in [3.8, 4) is 0 Å². The average Bonchev–Trinajstić information content (AvgIpc) is 1.78. The van der Waals surface area contributed by atoms with Gasteiger partial charge in [-0.15, -0.1) is 13.2 Å². The number of hydrogen-bond acceptors (Lipinski definition) is 1. The van der Waals surface area contributed by atoms with Crippen LogP contribution in [0.5, 0.6) is 0 Å². The van der Waals surface area contributed by atoms with Gasteiger partial charge in [-0.25, -0.2) is 0 Å². The summed E-state index contributed by atoms with van der Waals surface area (Å²) in [4.78, 5) is 0. The van der Waals surface area contributed by atoms with E-state index in [1.807, 2.05) is 6.92 Å². The number of ether oxygens (including phenoxy) is 1. The van der Waals surface area contributed by atoms with E-state index < -0.39 is 6.36 Å². The van der Waals surface area contributed by atoms with Gasteiger partial charge in [0.2, 0.25) is 0 Å². The molecule has 1 unspecified atom stereocenters. The van der Waals surface area contributed by atoms with Crippen molar-refractivity contribution < 1.29 is 17.9 Å². The molecular weight excluding hydrogens is 181 g/mol. The second-order valence-electron chi connectivity index (χ2n) is 3.29. The van der Waals surface area contributed by atoms with Gasteiger partial charge in [0.25, 0.3) is 0 Å². The van der Waals surface area contributed by atoms with E-state index >= 15 is 0 Å². The van der Waals surface area contributed by atoms with Crippen LogP contribution in [0, 0.1) is 5.92 Å². The quantitative estimate of drug-likeness (QED) is 0.618. The van der Waals surface area contributed by atoms with Crippen LogP contribution in [0.1, 0.15) is 20.3 Å². The molecule has 0 bridgehead atoms. The second-order valence-corrected chi connectivity index (χ2v) is 3.29. The molecule has 1 aliphatic rings. The monoisotopic (exact) mass is 192 g/mol. The summed E-state index contributed by atoms with van der Waals surface area (Å²) in [6, 6.07) is 0. The summed E-state index contributed by atoms with van der Waals surface area (Å²) in [7, 11) is 0. The Morgan fingerprint density at radius 3 is 2.54 bits per heavy atom. The third-order valence-electron chi connectivity index (χ3n) is 1.71. The molecule has 4 heteroatoms. The van der Waals surface area contributed by atoms with Crippen LogP contribution < -0.4 is 0 Å². The summed E-state index contributed by atoms with van der Waals surface area (Å²) in [5, 5.41) is 0. The average molecular weight is 192 g/mol. The van der Waals surface area contributed by atoms with E-state index in [0.717, 1.165) is 12.0 Å². The molecule has 0 aromatic heterocycles. The Kier molecular flexibility index (Phi) is 2.68. The van der Waals surface area contributed by atoms with E-state index in [1.54, 1.807) is 6.92 Å². The minimum atomic E-state index is -4.58. The predicted molar refractivity (Wildman–Crippen MR) is 42.8 cm³/mol. The van der Waals surface area contributed by atoms with Gasteiger partial charge < -0.3 is 4.74 Å². The van der Waals surface area contributed by atoms with Gasteiger partial charge in [0, 0.05) is 0 Å². The standard InChI is InChI=1S/C9H11F3O/c1-6-3-7(2)5-8(4-6)13-9(10,11)12/h4-6H,3H2,1-2H3. The molecule has 1 nitrogen and oxygen atoms in total. The number of rotatable bonds is 1. The molecule has 1 rings (SSSR count). The highest BCUT2D eigenvalue weighted by Crippen LogP contribution is 2.28. The molecule has 13 heavy (non-hydrogen) atoms. The molecule has 1 aliphatic carbocycles. The fourth-order valence-corrected chi connectivity index (χ4v) is 1.39. The highest BCUT2D eigenvalue weighted by molar-refractivity contribution is 5.23. The third kappa shape index (κ3) is 3.53. The van der Waals surface area contributed by atoms with Gasteiger partial charge in [0.05, 0.1) is 0 Å². The predicted octanol–water partition coefficient (Wildman–Crippen LogP) is 3.39. The lowest BCUT2D eigenvalue weighted by Crippen LogP contribution is -2.14. The van der Waals surface area contributed by atoms with Crippen molar-refractivity contribution in [2.45, 2.75) is 26.6 Å². The van der Waals surface area contributed by atoms with Crippen molar-refractivity contribution in [3.05, 3.63) is 23.5 Å². The highest BCUT2D eigenvalue weighted by Gasteiger charge is 2.32. The number of alkyl halides is 3. The van der Waals surface area contributed by atoms with Crippen LogP contribution in [-0.2, 0) is 4.74 Å². The van der Waals surface area contributed by atoms with Gasteiger partial charge >= 0.3 is 6.36 Å². The lowest BCUT2D eigenvalue weighted by atomic mass is 9.96. The van der Waals surface area contributed by atoms with Crippen molar-refractivity contribution in [1.29, 1.82) is 0 Å². The first-order valence-corrected chi connectivity index (χ1v) is 4.01. The van der Waals surface area contributed by atoms with Gasteiger partial charge in [-0.2, -0.15) is 0 Å². The first kappa shape index (κ1) is 10.2. The zero-order valence-electron chi connectivity index (χ0n) is 7.48. The molecule has 0 amide bonds. The number of allylic oxidation sites excluding steroid dienone is 3. The summed E-state index contributed by atoms with van der Waals surface area (Å²) in [6.45, 7) is 3.65. The summed E-state index contributed by atoms with van der Waals surface area (Å²) in [5.41, 5.74) is 0.911. The molecule has 0 fully saturated rings. The van der Waals surface area contributed by atoms with Crippen molar-refractivity contribution in [2.75, 3.05) is 0 Å². The Morgan fingerprint density at radius 1 is 1.46 bits per heavy atom. The van der Waals surface area contributed by atoms with E-state index in [4.69, 9.17) is 0 Å². The zero-order chi connectivity index (χ0) is 10.1. The molecule has 0 spiro atoms. The number of halogens is 3. The van der Waals surface area contributed by atoms with E-state index in [1.165, 1.54) is 12.2 Å². The lowest BCUT2D eigenvalue weighted by molar-refractivity contribution is -0.303. The molecule has 0 aromatic carbocycles. The fourth-order valence-electron chi connectivity index (χ4n) is 1.39. The van der Waals surface area contributed by atoms with E-state index in [9.17, 15) is 13.2 Å². The fraction of sp³-hybridized carbons (Fsp3) is 0.556. The molecule has 0 saturated carbocycles. The maximum Gasteiger partial charge on any atom is 0.573 e. The normalized spacial score (nSPS) is 23.6. The van der Waals surface area contributed by atoms with Gasteiger partial charge in [-0.3, -0.25) is 0 Å². The lowest BCUT2D eigenvalue weighted by Gasteiger charge is -2.17. The minimum absolute atomic E-state index is 0.0937. The van der Waals surface area contributed by atoms with Crippen LogP contribution in [0.4, 0.5) is 13.2 Å². The molecular formula is C9H11F3O. The number of hydrogen-bond donors (Lipinski definition) is 0. The van der Waals surface area contributed by atoms with E-state index in [-0.39, 0.29) is 11.7 Å². The minimum Gasteiger partial charge on any atom is -0.406 e. The molecule has 0 N–H and O–H groups in total. The summed E-state index contributed by atoms with van der Waals surface area (Å²) in [5.74, 6) is 0.0195. The SMILES string of the molecule is CC1=CC(OC(F)(F)F)=CC(C)C1. The Balaban J connectivity index is 2.70. The zero-order valence-corrected chi connectivity index (χ0v) is 7.48. The van der Waals surface area contributed by atoms with Gasteiger partial charge in [-0.1, -0.05) is 12.5 Å². The smallest absolute Gasteiger partial charge is 0.406 e. The summed E-state index contributed by atoms with van der Waals surface area (Å²) in [6.07, 6.45) is -0.877. The van der Waals surface area contributed by atoms with Crippen LogP contribution in [0.2, 0.25) is 0 Å². The van der Waals surface area contributed by atoms with E-state index in [0.29, 0.717) is 0 Å². The first-order chi connectivity index (χ1) is 5.87. The Morgan fingerprint density at radius 2 is 2.08 bits per heavy atom. The Bertz CT molecular complexity index is 250. The maximum absolute atomic E-state index is 11.8. The van der Waals surface area contributed by atoms with Crippen molar-refractivity contribution in [3.63, 3.8) is 0 Å². The van der Waals surface area contributed by atoms with Crippen molar-refractivity contribution in [1.82, 2.24) is 0 Å². The van der Waals surface area contributed by atoms with Crippen LogP contribution in [0.3, 0.4) is 0 Å². The molecule has 0 aliphatic heterocycles. The molecule has 74 valence electrons. The van der Waals surface area contributed by atoms with Crippen LogP contribution in [0.15, 0.2) is 23.5 Å². The van der Waals surface area contributed by atoms with Crippen LogP contribution in [0.25, 0.3) is 0 Å². The molecule has 0 heterocycles. The van der Waals surface area contributed by atoms with Crippen LogP contribution >= 0.6 is 0 Å². The Hall–Kier alpha value is -0.930. The molecule has 0 aromatic rings. The molecule has 1 atom stereocenters. The molecule has 0 saturated heterocycles. The van der Waals surface area contributed by atoms with Gasteiger partial charge in [0.15, 0.2) is 0 Å². The van der Waals surface area contributed by atoms with Crippen LogP contribution in [-0.4, -0.2) is 6.36 Å². The Labute approximate surface area is 74.9 Å². The summed E-state index contributed by atoms with van der Waals surface area (Å²) >= 11 is 0. The topological polar surface area (TPSA) is 9.23 Å². The first-order valence-electron chi connectivity index (χ1n) is 4.01. The van der Waals surface area contributed by atoms with Crippen molar-refractivity contribution in [2.24, 2.45) is 5.92 Å².